The molecule has 2 aliphatic heterocycles. The van der Waals surface area contributed by atoms with Crippen molar-refractivity contribution in [3.63, 3.8) is 0 Å². The molecule has 96 valence electrons. The first kappa shape index (κ1) is 10.8. The van der Waals surface area contributed by atoms with E-state index in [1.54, 1.807) is 0 Å². The lowest BCUT2D eigenvalue weighted by Gasteiger charge is -2.68. The van der Waals surface area contributed by atoms with E-state index >= 15 is 0 Å². The highest BCUT2D eigenvalue weighted by atomic mass is 16.7. The lowest BCUT2D eigenvalue weighted by Crippen LogP contribution is -2.74. The number of rotatable bonds is 1. The number of epoxide rings is 1. The highest BCUT2D eigenvalue weighted by molar-refractivity contribution is 5.23. The molecule has 2 saturated heterocycles. The van der Waals surface area contributed by atoms with Gasteiger partial charge in [-0.15, -0.1) is 0 Å². The van der Waals surface area contributed by atoms with E-state index in [1.165, 1.54) is 12.8 Å². The van der Waals surface area contributed by atoms with Gasteiger partial charge in [0.15, 0.2) is 5.79 Å². The minimum atomic E-state index is -0.289. The van der Waals surface area contributed by atoms with Crippen LogP contribution in [0.15, 0.2) is 0 Å². The second-order valence-electron chi connectivity index (χ2n) is 6.55. The largest absolute Gasteiger partial charge is 0.369 e. The van der Waals surface area contributed by atoms with E-state index in [-0.39, 0.29) is 11.2 Å². The van der Waals surface area contributed by atoms with Crippen LogP contribution in [0, 0.1) is 23.2 Å². The Balaban J connectivity index is 1.77. The average Bonchev–Trinajstić information content (AvgIpc) is 2.88. The third-order valence-corrected chi connectivity index (χ3v) is 5.95. The molecule has 2 heterocycles. The molecule has 0 N–H and O–H groups in total. The van der Waals surface area contributed by atoms with Gasteiger partial charge in [-0.1, -0.05) is 20.8 Å². The van der Waals surface area contributed by atoms with Crippen LogP contribution in [-0.4, -0.2) is 31.2 Å². The van der Waals surface area contributed by atoms with Crippen LogP contribution in [0.25, 0.3) is 0 Å². The normalized spacial score (nSPS) is 54.4. The molecular weight excluding hydrogens is 216 g/mol. The molecule has 0 bridgehead atoms. The summed E-state index contributed by atoms with van der Waals surface area (Å²) in [4.78, 5) is 0. The minimum Gasteiger partial charge on any atom is -0.369 e. The molecular formula is C14H22O3. The molecule has 5 atom stereocenters. The van der Waals surface area contributed by atoms with Gasteiger partial charge in [0.05, 0.1) is 25.4 Å². The van der Waals surface area contributed by atoms with E-state index in [4.69, 9.17) is 14.2 Å². The molecule has 0 aromatic heterocycles. The van der Waals surface area contributed by atoms with E-state index in [1.807, 2.05) is 0 Å². The summed E-state index contributed by atoms with van der Waals surface area (Å²) in [5, 5.41) is 0. The van der Waals surface area contributed by atoms with Crippen LogP contribution >= 0.6 is 0 Å². The predicted molar refractivity (Wildman–Crippen MR) is 62.5 cm³/mol. The number of hydrogen-bond acceptors (Lipinski definition) is 3. The van der Waals surface area contributed by atoms with Gasteiger partial charge in [0.1, 0.15) is 0 Å². The van der Waals surface area contributed by atoms with Gasteiger partial charge in [-0.05, 0) is 18.8 Å². The molecule has 4 rings (SSSR count). The summed E-state index contributed by atoms with van der Waals surface area (Å²) in [5.74, 6) is 1.46. The van der Waals surface area contributed by atoms with Gasteiger partial charge < -0.3 is 14.2 Å². The van der Waals surface area contributed by atoms with Gasteiger partial charge in [-0.25, -0.2) is 0 Å². The highest BCUT2D eigenvalue weighted by Crippen LogP contribution is 2.73. The maximum atomic E-state index is 6.11. The summed E-state index contributed by atoms with van der Waals surface area (Å²) < 4.78 is 18.1. The van der Waals surface area contributed by atoms with E-state index < -0.39 is 0 Å². The number of hydrogen-bond donors (Lipinski definition) is 0. The van der Waals surface area contributed by atoms with Crippen molar-refractivity contribution in [3.8, 4) is 0 Å². The maximum Gasteiger partial charge on any atom is 0.177 e. The zero-order chi connectivity index (χ0) is 11.8. The van der Waals surface area contributed by atoms with Crippen LogP contribution in [-0.2, 0) is 14.2 Å². The fraction of sp³-hybridized carbons (Fsp3) is 1.00. The van der Waals surface area contributed by atoms with Gasteiger partial charge in [0.2, 0.25) is 0 Å². The van der Waals surface area contributed by atoms with Crippen molar-refractivity contribution in [3.05, 3.63) is 0 Å². The molecule has 3 nitrogen and oxygen atoms in total. The Hall–Kier alpha value is -0.120. The summed E-state index contributed by atoms with van der Waals surface area (Å²) in [5.41, 5.74) is 0.209. The molecule has 2 aliphatic carbocycles. The Morgan fingerprint density at radius 2 is 1.88 bits per heavy atom. The van der Waals surface area contributed by atoms with Crippen molar-refractivity contribution in [1.82, 2.24) is 0 Å². The van der Waals surface area contributed by atoms with Gasteiger partial charge in [-0.2, -0.15) is 0 Å². The Morgan fingerprint density at radius 3 is 2.53 bits per heavy atom. The third-order valence-electron chi connectivity index (χ3n) is 5.95. The smallest absolute Gasteiger partial charge is 0.177 e. The van der Waals surface area contributed by atoms with Crippen LogP contribution in [0.5, 0.6) is 0 Å². The van der Waals surface area contributed by atoms with E-state index in [2.05, 4.69) is 20.8 Å². The number of fused-ring (bicyclic) bond motifs is 4. The fourth-order valence-electron chi connectivity index (χ4n) is 5.28. The molecule has 1 spiro atoms. The van der Waals surface area contributed by atoms with Crippen LogP contribution < -0.4 is 0 Å². The molecule has 4 aliphatic rings. The van der Waals surface area contributed by atoms with Crippen LogP contribution in [0.2, 0.25) is 0 Å². The summed E-state index contributed by atoms with van der Waals surface area (Å²) in [7, 11) is 0. The van der Waals surface area contributed by atoms with E-state index in [0.717, 1.165) is 13.2 Å². The molecule has 3 heteroatoms. The standard InChI is InChI=1S/C14H22O3/c1-8(2)13-5-4-10-12(17-10)11(13)9(3)14(13)15-6-7-16-14/h8-12H,4-7H2,1-3H3. The van der Waals surface area contributed by atoms with Crippen molar-refractivity contribution in [2.45, 2.75) is 51.6 Å². The maximum absolute atomic E-state index is 6.11. The quantitative estimate of drug-likeness (QED) is 0.656. The average molecular weight is 238 g/mol. The Kier molecular flexibility index (Phi) is 1.94. The van der Waals surface area contributed by atoms with Crippen molar-refractivity contribution in [2.75, 3.05) is 13.2 Å². The topological polar surface area (TPSA) is 31.0 Å². The zero-order valence-corrected chi connectivity index (χ0v) is 10.9. The van der Waals surface area contributed by atoms with Crippen LogP contribution in [0.1, 0.15) is 33.6 Å². The SMILES string of the molecule is CC1C2C3OC3CCC2(C(C)C)C12OCCO2. The lowest BCUT2D eigenvalue weighted by atomic mass is 9.41. The Labute approximate surface area is 103 Å². The van der Waals surface area contributed by atoms with E-state index in [9.17, 15) is 0 Å². The monoisotopic (exact) mass is 238 g/mol. The molecule has 0 aromatic rings. The first-order valence-electron chi connectivity index (χ1n) is 7.07. The Bertz CT molecular complexity index is 347. The molecule has 17 heavy (non-hydrogen) atoms. The zero-order valence-electron chi connectivity index (χ0n) is 10.9. The van der Waals surface area contributed by atoms with Crippen molar-refractivity contribution >= 4 is 0 Å². The molecule has 4 fully saturated rings. The summed E-state index contributed by atoms with van der Waals surface area (Å²) in [6.07, 6.45) is 3.45. The van der Waals surface area contributed by atoms with Crippen LogP contribution in [0.4, 0.5) is 0 Å². The summed E-state index contributed by atoms with van der Waals surface area (Å²) in [6, 6.07) is 0. The second kappa shape index (κ2) is 3.06. The first-order chi connectivity index (χ1) is 8.13. The molecule has 5 unspecified atom stereocenters. The Morgan fingerprint density at radius 1 is 1.18 bits per heavy atom. The van der Waals surface area contributed by atoms with Gasteiger partial charge in [0.25, 0.3) is 0 Å². The van der Waals surface area contributed by atoms with Crippen molar-refractivity contribution in [2.24, 2.45) is 23.2 Å². The number of ether oxygens (including phenoxy) is 3. The van der Waals surface area contributed by atoms with Crippen molar-refractivity contribution in [1.29, 1.82) is 0 Å². The first-order valence-corrected chi connectivity index (χ1v) is 7.07. The molecule has 0 amide bonds. The van der Waals surface area contributed by atoms with Gasteiger partial charge in [0, 0.05) is 17.3 Å². The summed E-state index contributed by atoms with van der Waals surface area (Å²) in [6.45, 7) is 8.48. The van der Waals surface area contributed by atoms with E-state index in [0.29, 0.717) is 30.0 Å². The molecule has 0 radical (unpaired) electrons. The van der Waals surface area contributed by atoms with Gasteiger partial charge in [-0.3, -0.25) is 0 Å². The fourth-order valence-corrected chi connectivity index (χ4v) is 5.28. The molecule has 2 saturated carbocycles. The third kappa shape index (κ3) is 0.980. The predicted octanol–water partition coefficient (Wildman–Crippen LogP) is 2.20. The van der Waals surface area contributed by atoms with Gasteiger partial charge >= 0.3 is 0 Å². The molecule has 0 aromatic carbocycles. The van der Waals surface area contributed by atoms with Crippen LogP contribution in [0.3, 0.4) is 0 Å². The highest BCUT2D eigenvalue weighted by Gasteiger charge is 2.80. The second-order valence-corrected chi connectivity index (χ2v) is 6.55. The summed E-state index contributed by atoms with van der Waals surface area (Å²) >= 11 is 0. The van der Waals surface area contributed by atoms with Crippen molar-refractivity contribution < 1.29 is 14.2 Å². The minimum absolute atomic E-state index is 0.209. The lowest BCUT2D eigenvalue weighted by molar-refractivity contribution is -0.386.